The van der Waals surface area contributed by atoms with Gasteiger partial charge >= 0.3 is 0 Å². The number of hydrogen-bond donors (Lipinski definition) is 1. The highest BCUT2D eigenvalue weighted by atomic mass is 32.2. The van der Waals surface area contributed by atoms with E-state index in [9.17, 15) is 8.42 Å². The molecular formula is C15H18N2O2S2. The molecule has 1 aliphatic rings. The zero-order valence-corrected chi connectivity index (χ0v) is 13.5. The maximum Gasteiger partial charge on any atom is 0.273 e. The standard InChI is InChI=1S/C15H18N2O2S2/c1-11-4-5-14-13(7-11)3-2-6-17(14)21(18,19)15-8-12(9-16)10-20-15/h4-5,7-8,10H,2-3,6,9,16H2,1H3. The summed E-state index contributed by atoms with van der Waals surface area (Å²) in [5.41, 5.74) is 9.52. The van der Waals surface area contributed by atoms with Crippen LogP contribution in [-0.2, 0) is 23.0 Å². The number of nitrogens with two attached hydrogens (primary N) is 1. The van der Waals surface area contributed by atoms with Gasteiger partial charge in [0.2, 0.25) is 0 Å². The lowest BCUT2D eigenvalue weighted by Crippen LogP contribution is -2.35. The molecule has 1 aliphatic heterocycles. The Kier molecular flexibility index (Phi) is 3.77. The summed E-state index contributed by atoms with van der Waals surface area (Å²) in [6.07, 6.45) is 1.78. The van der Waals surface area contributed by atoms with Crippen LogP contribution in [0.4, 0.5) is 5.69 Å². The van der Waals surface area contributed by atoms with Gasteiger partial charge in [-0.25, -0.2) is 8.42 Å². The van der Waals surface area contributed by atoms with E-state index in [4.69, 9.17) is 5.73 Å². The zero-order valence-electron chi connectivity index (χ0n) is 11.9. The first-order valence-corrected chi connectivity index (χ1v) is 9.24. The van der Waals surface area contributed by atoms with E-state index in [1.165, 1.54) is 15.6 Å². The Bertz CT molecular complexity index is 766. The van der Waals surface area contributed by atoms with Gasteiger partial charge in [0.1, 0.15) is 4.21 Å². The molecule has 0 atom stereocenters. The minimum atomic E-state index is -3.48. The number of aryl methyl sites for hydroxylation is 2. The molecule has 0 radical (unpaired) electrons. The number of fused-ring (bicyclic) bond motifs is 1. The van der Waals surface area contributed by atoms with Crippen molar-refractivity contribution in [1.29, 1.82) is 0 Å². The lowest BCUT2D eigenvalue weighted by molar-refractivity contribution is 0.588. The van der Waals surface area contributed by atoms with Crippen LogP contribution in [0.15, 0.2) is 33.9 Å². The second kappa shape index (κ2) is 5.44. The fourth-order valence-corrected chi connectivity index (χ4v) is 5.52. The van der Waals surface area contributed by atoms with Crippen molar-refractivity contribution in [3.8, 4) is 0 Å². The molecule has 3 rings (SSSR count). The second-order valence-electron chi connectivity index (χ2n) is 5.29. The van der Waals surface area contributed by atoms with Crippen LogP contribution < -0.4 is 10.0 Å². The number of sulfonamides is 1. The van der Waals surface area contributed by atoms with Crippen molar-refractivity contribution in [3.05, 3.63) is 46.3 Å². The van der Waals surface area contributed by atoms with Gasteiger partial charge in [0.15, 0.2) is 0 Å². The van der Waals surface area contributed by atoms with Crippen molar-refractivity contribution in [2.45, 2.75) is 30.5 Å². The molecule has 0 amide bonds. The van der Waals surface area contributed by atoms with Crippen LogP contribution in [0.3, 0.4) is 0 Å². The minimum absolute atomic E-state index is 0.363. The number of benzene rings is 1. The third-order valence-corrected chi connectivity index (χ3v) is 7.00. The molecule has 2 N–H and O–H groups in total. The average Bonchev–Trinajstić information content (AvgIpc) is 2.96. The van der Waals surface area contributed by atoms with Crippen molar-refractivity contribution >= 4 is 27.0 Å². The predicted octanol–water partition coefficient (Wildman–Crippen LogP) is 2.66. The Balaban J connectivity index is 2.05. The van der Waals surface area contributed by atoms with Crippen LogP contribution in [0.1, 0.15) is 23.1 Å². The highest BCUT2D eigenvalue weighted by Gasteiger charge is 2.30. The van der Waals surface area contributed by atoms with E-state index in [0.717, 1.165) is 35.2 Å². The predicted molar refractivity (Wildman–Crippen MR) is 86.2 cm³/mol. The first kappa shape index (κ1) is 14.6. The molecule has 1 aromatic heterocycles. The fourth-order valence-electron chi connectivity index (χ4n) is 2.65. The van der Waals surface area contributed by atoms with Gasteiger partial charge in [0, 0.05) is 13.1 Å². The quantitative estimate of drug-likeness (QED) is 0.945. The molecular weight excluding hydrogens is 304 g/mol. The molecule has 0 fully saturated rings. The molecule has 2 aromatic rings. The van der Waals surface area contributed by atoms with E-state index < -0.39 is 10.0 Å². The molecule has 0 unspecified atom stereocenters. The van der Waals surface area contributed by atoms with Crippen molar-refractivity contribution in [2.24, 2.45) is 5.73 Å². The Morgan fingerprint density at radius 1 is 1.33 bits per heavy atom. The lowest BCUT2D eigenvalue weighted by atomic mass is 10.0. The Morgan fingerprint density at radius 3 is 2.86 bits per heavy atom. The van der Waals surface area contributed by atoms with E-state index in [1.807, 2.05) is 24.4 Å². The van der Waals surface area contributed by atoms with Gasteiger partial charge in [-0.05, 0) is 48.4 Å². The Labute approximate surface area is 129 Å². The van der Waals surface area contributed by atoms with Crippen molar-refractivity contribution < 1.29 is 8.42 Å². The number of hydrogen-bond acceptors (Lipinski definition) is 4. The van der Waals surface area contributed by atoms with Crippen LogP contribution in [0, 0.1) is 6.92 Å². The van der Waals surface area contributed by atoms with Crippen LogP contribution in [0.5, 0.6) is 0 Å². The molecule has 6 heteroatoms. The van der Waals surface area contributed by atoms with Gasteiger partial charge in [-0.3, -0.25) is 4.31 Å². The molecule has 0 saturated carbocycles. The van der Waals surface area contributed by atoms with Crippen LogP contribution in [-0.4, -0.2) is 15.0 Å². The van der Waals surface area contributed by atoms with Crippen molar-refractivity contribution in [1.82, 2.24) is 0 Å². The molecule has 112 valence electrons. The summed E-state index contributed by atoms with van der Waals surface area (Å²) in [5, 5.41) is 1.81. The molecule has 0 aliphatic carbocycles. The minimum Gasteiger partial charge on any atom is -0.326 e. The molecule has 0 saturated heterocycles. The molecule has 2 heterocycles. The average molecular weight is 322 g/mol. The Morgan fingerprint density at radius 2 is 2.14 bits per heavy atom. The number of rotatable bonds is 3. The van der Waals surface area contributed by atoms with E-state index in [1.54, 1.807) is 6.07 Å². The first-order valence-electron chi connectivity index (χ1n) is 6.92. The normalized spacial score (nSPS) is 15.0. The Hall–Kier alpha value is -1.37. The summed E-state index contributed by atoms with van der Waals surface area (Å²) in [7, 11) is -3.48. The monoisotopic (exact) mass is 322 g/mol. The fraction of sp³-hybridized carbons (Fsp3) is 0.333. The van der Waals surface area contributed by atoms with Crippen LogP contribution in [0.25, 0.3) is 0 Å². The van der Waals surface area contributed by atoms with E-state index >= 15 is 0 Å². The molecule has 0 bridgehead atoms. The highest BCUT2D eigenvalue weighted by molar-refractivity contribution is 7.94. The highest BCUT2D eigenvalue weighted by Crippen LogP contribution is 2.34. The van der Waals surface area contributed by atoms with Crippen molar-refractivity contribution in [3.63, 3.8) is 0 Å². The molecule has 0 spiro atoms. The first-order chi connectivity index (χ1) is 10.0. The van der Waals surface area contributed by atoms with E-state index in [2.05, 4.69) is 6.07 Å². The molecule has 4 nitrogen and oxygen atoms in total. The van der Waals surface area contributed by atoms with Crippen LogP contribution >= 0.6 is 11.3 Å². The number of nitrogens with zero attached hydrogens (tertiary/aromatic N) is 1. The zero-order chi connectivity index (χ0) is 15.0. The van der Waals surface area contributed by atoms with E-state index in [0.29, 0.717) is 17.3 Å². The maximum atomic E-state index is 12.9. The summed E-state index contributed by atoms with van der Waals surface area (Å²) in [4.78, 5) is 0. The molecule has 1 aromatic carbocycles. The molecule has 21 heavy (non-hydrogen) atoms. The largest absolute Gasteiger partial charge is 0.326 e. The third kappa shape index (κ3) is 2.59. The van der Waals surface area contributed by atoms with Gasteiger partial charge in [-0.1, -0.05) is 17.7 Å². The topological polar surface area (TPSA) is 63.4 Å². The van der Waals surface area contributed by atoms with Gasteiger partial charge in [0.05, 0.1) is 5.69 Å². The SMILES string of the molecule is Cc1ccc2c(c1)CCCN2S(=O)(=O)c1cc(CN)cs1. The van der Waals surface area contributed by atoms with Crippen LogP contribution in [0.2, 0.25) is 0 Å². The van der Waals surface area contributed by atoms with Gasteiger partial charge < -0.3 is 5.73 Å². The smallest absolute Gasteiger partial charge is 0.273 e. The van der Waals surface area contributed by atoms with Gasteiger partial charge in [0.25, 0.3) is 10.0 Å². The number of anilines is 1. The van der Waals surface area contributed by atoms with E-state index in [-0.39, 0.29) is 0 Å². The summed E-state index contributed by atoms with van der Waals surface area (Å²) in [6.45, 7) is 2.93. The summed E-state index contributed by atoms with van der Waals surface area (Å²) >= 11 is 1.24. The van der Waals surface area contributed by atoms with Gasteiger partial charge in [-0.2, -0.15) is 0 Å². The maximum absolute atomic E-state index is 12.9. The third-order valence-electron chi connectivity index (χ3n) is 3.72. The summed E-state index contributed by atoms with van der Waals surface area (Å²) in [5.74, 6) is 0. The summed E-state index contributed by atoms with van der Waals surface area (Å²) in [6, 6.07) is 7.64. The van der Waals surface area contributed by atoms with Crippen molar-refractivity contribution in [2.75, 3.05) is 10.8 Å². The lowest BCUT2D eigenvalue weighted by Gasteiger charge is -2.30. The number of thiophene rings is 1. The summed E-state index contributed by atoms with van der Waals surface area (Å²) < 4.78 is 27.6. The second-order valence-corrected chi connectivity index (χ2v) is 8.29. The van der Waals surface area contributed by atoms with Gasteiger partial charge in [-0.15, -0.1) is 11.3 Å².